The zero-order chi connectivity index (χ0) is 22.6. The van der Waals surface area contributed by atoms with Gasteiger partial charge >= 0.3 is 6.36 Å². The number of nitriles is 1. The zero-order valence-corrected chi connectivity index (χ0v) is 17.4. The van der Waals surface area contributed by atoms with Gasteiger partial charge in [-0.2, -0.15) is 10.4 Å². The van der Waals surface area contributed by atoms with Gasteiger partial charge in [0.25, 0.3) is 0 Å². The van der Waals surface area contributed by atoms with Crippen LogP contribution in [0.4, 0.5) is 18.9 Å². The van der Waals surface area contributed by atoms with E-state index in [9.17, 15) is 13.2 Å². The number of anilines is 1. The molecule has 0 spiro atoms. The molecule has 2 aromatic rings. The zero-order valence-electron chi connectivity index (χ0n) is 15.9. The molecular weight excluding hydrogens is 458 g/mol. The van der Waals surface area contributed by atoms with Gasteiger partial charge in [-0.15, -0.1) is 18.2 Å². The summed E-state index contributed by atoms with van der Waals surface area (Å²) in [6.45, 7) is 0.365. The number of benzene rings is 2. The molecule has 2 aromatic carbocycles. The van der Waals surface area contributed by atoms with Crippen LogP contribution in [-0.4, -0.2) is 36.7 Å². The Kier molecular flexibility index (Phi) is 6.77. The molecule has 1 N–H and O–H groups in total. The van der Waals surface area contributed by atoms with Crippen molar-refractivity contribution in [2.45, 2.75) is 12.8 Å². The summed E-state index contributed by atoms with van der Waals surface area (Å²) in [5.74, 6) is -0.249. The lowest BCUT2D eigenvalue weighted by atomic mass is 10.1. The van der Waals surface area contributed by atoms with Crippen LogP contribution in [0, 0.1) is 11.5 Å². The van der Waals surface area contributed by atoms with Gasteiger partial charge in [0.05, 0.1) is 35.1 Å². The lowest BCUT2D eigenvalue weighted by Gasteiger charge is -2.19. The number of nitrogens with one attached hydrogen (secondary N) is 1. The van der Waals surface area contributed by atoms with Crippen molar-refractivity contribution in [2.24, 2.45) is 10.1 Å². The fraction of sp³-hybridized carbons (Fsp3) is 0.211. The standard InChI is InChI=1S/C19H14Cl2F3N5O2/c1-30-17-5-3-12(31-19(22,23)24)9-16(17)27-18(26-10-25)29-7-6-15(28-29)11-2-4-13(20)14(21)8-11/h2-5,8-9H,6-7H2,1H3,(H,26,27). The van der Waals surface area contributed by atoms with Crippen LogP contribution < -0.4 is 14.8 Å². The molecule has 0 aliphatic carbocycles. The van der Waals surface area contributed by atoms with E-state index in [0.717, 1.165) is 17.7 Å². The summed E-state index contributed by atoms with van der Waals surface area (Å²) in [4.78, 5) is 3.71. The Morgan fingerprint density at radius 3 is 2.65 bits per heavy atom. The number of nitrogens with zero attached hydrogens (tertiary/aromatic N) is 4. The fourth-order valence-electron chi connectivity index (χ4n) is 2.79. The minimum absolute atomic E-state index is 0.0000177. The highest BCUT2D eigenvalue weighted by atomic mass is 35.5. The third-order valence-corrected chi connectivity index (χ3v) is 4.85. The Labute approximate surface area is 185 Å². The fourth-order valence-corrected chi connectivity index (χ4v) is 3.09. The molecule has 0 aromatic heterocycles. The van der Waals surface area contributed by atoms with Crippen LogP contribution in [-0.2, 0) is 0 Å². The number of ether oxygens (including phenoxy) is 2. The smallest absolute Gasteiger partial charge is 0.495 e. The monoisotopic (exact) mass is 471 g/mol. The topological polar surface area (TPSA) is 82.2 Å². The van der Waals surface area contributed by atoms with Crippen molar-refractivity contribution in [3.63, 3.8) is 0 Å². The summed E-state index contributed by atoms with van der Waals surface area (Å²) in [6.07, 6.45) is -2.69. The molecule has 0 saturated carbocycles. The Bertz CT molecular complexity index is 1080. The van der Waals surface area contributed by atoms with Crippen LogP contribution in [0.25, 0.3) is 0 Å². The van der Waals surface area contributed by atoms with Gasteiger partial charge in [0.2, 0.25) is 12.2 Å². The predicted molar refractivity (Wildman–Crippen MR) is 111 cm³/mol. The van der Waals surface area contributed by atoms with Crippen LogP contribution in [0.3, 0.4) is 0 Å². The van der Waals surface area contributed by atoms with E-state index in [-0.39, 0.29) is 17.4 Å². The molecule has 7 nitrogen and oxygen atoms in total. The third kappa shape index (κ3) is 5.71. The molecule has 12 heteroatoms. The highest BCUT2D eigenvalue weighted by Gasteiger charge is 2.31. The molecule has 0 bridgehead atoms. The maximum atomic E-state index is 12.6. The number of hydrogen-bond donors (Lipinski definition) is 1. The molecule has 31 heavy (non-hydrogen) atoms. The van der Waals surface area contributed by atoms with Gasteiger partial charge in [-0.25, -0.2) is 5.01 Å². The first-order valence-corrected chi connectivity index (χ1v) is 9.44. The molecule has 162 valence electrons. The maximum absolute atomic E-state index is 12.6. The number of hydrazone groups is 1. The number of aliphatic imine (C=N–C) groups is 1. The van der Waals surface area contributed by atoms with Crippen molar-refractivity contribution in [1.82, 2.24) is 5.01 Å². The first-order valence-electron chi connectivity index (χ1n) is 8.68. The molecule has 1 heterocycles. The number of alkyl halides is 3. The third-order valence-electron chi connectivity index (χ3n) is 4.11. The number of guanidine groups is 1. The van der Waals surface area contributed by atoms with Crippen LogP contribution >= 0.6 is 23.2 Å². The van der Waals surface area contributed by atoms with Gasteiger partial charge in [0.1, 0.15) is 11.5 Å². The quantitative estimate of drug-likeness (QED) is 0.373. The lowest BCUT2D eigenvalue weighted by molar-refractivity contribution is -0.274. The second kappa shape index (κ2) is 9.32. The van der Waals surface area contributed by atoms with Crippen molar-refractivity contribution in [3.05, 3.63) is 52.0 Å². The number of hydrogen-bond acceptors (Lipinski definition) is 5. The normalized spacial score (nSPS) is 14.2. The van der Waals surface area contributed by atoms with E-state index in [1.807, 2.05) is 0 Å². The van der Waals surface area contributed by atoms with Crippen molar-refractivity contribution in [3.8, 4) is 17.7 Å². The molecule has 1 aliphatic heterocycles. The van der Waals surface area contributed by atoms with Crippen molar-refractivity contribution >= 4 is 40.6 Å². The summed E-state index contributed by atoms with van der Waals surface area (Å²) in [7, 11) is 1.35. The van der Waals surface area contributed by atoms with Gasteiger partial charge in [-0.05, 0) is 29.8 Å². The predicted octanol–water partition coefficient (Wildman–Crippen LogP) is 5.26. The summed E-state index contributed by atoms with van der Waals surface area (Å²) in [5, 5.41) is 18.5. The lowest BCUT2D eigenvalue weighted by Crippen LogP contribution is -2.30. The van der Waals surface area contributed by atoms with Crippen molar-refractivity contribution in [2.75, 3.05) is 19.0 Å². The van der Waals surface area contributed by atoms with Crippen molar-refractivity contribution < 1.29 is 22.6 Å². The van der Waals surface area contributed by atoms with E-state index in [4.69, 9.17) is 33.2 Å². The molecule has 0 saturated heterocycles. The van der Waals surface area contributed by atoms with E-state index in [1.54, 1.807) is 24.4 Å². The van der Waals surface area contributed by atoms with Gasteiger partial charge in [-0.1, -0.05) is 29.3 Å². The van der Waals surface area contributed by atoms with E-state index >= 15 is 0 Å². The van der Waals surface area contributed by atoms with E-state index < -0.39 is 12.1 Å². The summed E-state index contributed by atoms with van der Waals surface area (Å²) >= 11 is 12.0. The number of halogens is 5. The van der Waals surface area contributed by atoms with Crippen LogP contribution in [0.1, 0.15) is 12.0 Å². The minimum Gasteiger partial charge on any atom is -0.495 e. The van der Waals surface area contributed by atoms with Gasteiger partial charge < -0.3 is 14.8 Å². The first kappa shape index (κ1) is 22.5. The van der Waals surface area contributed by atoms with Crippen LogP contribution in [0.5, 0.6) is 11.5 Å². The molecule has 0 atom stereocenters. The largest absolute Gasteiger partial charge is 0.573 e. The molecule has 0 fully saturated rings. The molecule has 3 rings (SSSR count). The average molecular weight is 472 g/mol. The Morgan fingerprint density at radius 1 is 1.23 bits per heavy atom. The SMILES string of the molecule is COc1ccc(OC(F)(F)F)cc1N/C(=N/C#N)N1CCC(c2ccc(Cl)c(Cl)c2)=N1. The summed E-state index contributed by atoms with van der Waals surface area (Å²) in [6, 6.07) is 8.55. The summed E-state index contributed by atoms with van der Waals surface area (Å²) in [5.41, 5.74) is 1.52. The first-order chi connectivity index (χ1) is 14.7. The average Bonchev–Trinajstić information content (AvgIpc) is 3.19. The molecule has 0 unspecified atom stereocenters. The van der Waals surface area contributed by atoms with Gasteiger partial charge in [0.15, 0.2) is 0 Å². The maximum Gasteiger partial charge on any atom is 0.573 e. The molecule has 0 amide bonds. The second-order valence-corrected chi connectivity index (χ2v) is 6.93. The van der Waals surface area contributed by atoms with Crippen LogP contribution in [0.15, 0.2) is 46.5 Å². The van der Waals surface area contributed by atoms with E-state index in [1.165, 1.54) is 18.2 Å². The number of methoxy groups -OCH3 is 1. The molecule has 0 radical (unpaired) electrons. The Hall–Kier alpha value is -3.16. The van der Waals surface area contributed by atoms with Gasteiger partial charge in [-0.3, -0.25) is 0 Å². The van der Waals surface area contributed by atoms with Gasteiger partial charge in [0, 0.05) is 12.5 Å². The Balaban J connectivity index is 1.88. The summed E-state index contributed by atoms with van der Waals surface area (Å²) < 4.78 is 46.8. The van der Waals surface area contributed by atoms with E-state index in [2.05, 4.69) is 20.1 Å². The molecular formula is C19H14Cl2F3N5O2. The van der Waals surface area contributed by atoms with E-state index in [0.29, 0.717) is 28.7 Å². The van der Waals surface area contributed by atoms with Crippen LogP contribution in [0.2, 0.25) is 10.0 Å². The minimum atomic E-state index is -4.86. The Morgan fingerprint density at radius 2 is 2.00 bits per heavy atom. The number of rotatable bonds is 4. The highest BCUT2D eigenvalue weighted by molar-refractivity contribution is 6.42. The second-order valence-electron chi connectivity index (χ2n) is 6.12. The highest BCUT2D eigenvalue weighted by Crippen LogP contribution is 2.32. The van der Waals surface area contributed by atoms with Crippen molar-refractivity contribution in [1.29, 1.82) is 5.26 Å². The molecule has 1 aliphatic rings.